The van der Waals surface area contributed by atoms with Crippen LogP contribution >= 0.6 is 0 Å². The van der Waals surface area contributed by atoms with Crippen molar-refractivity contribution in [2.75, 3.05) is 11.5 Å². The second kappa shape index (κ2) is 13.6. The minimum absolute atomic E-state index is 0.123. The fraction of sp³-hybridized carbons (Fsp3) is 0.293. The summed E-state index contributed by atoms with van der Waals surface area (Å²) in [5, 5.41) is 24.7. The van der Waals surface area contributed by atoms with Gasteiger partial charge in [0.25, 0.3) is 11.5 Å². The van der Waals surface area contributed by atoms with Crippen LogP contribution in [0.5, 0.6) is 0 Å². The number of aryl methyl sites for hydroxylation is 1. The monoisotopic (exact) mass is 728 g/mol. The van der Waals surface area contributed by atoms with Gasteiger partial charge in [0.15, 0.2) is 5.60 Å². The number of aliphatic hydroxyl groups is 1. The van der Waals surface area contributed by atoms with Crippen molar-refractivity contribution in [2.45, 2.75) is 62.7 Å². The number of aromatic nitrogens is 5. The Morgan fingerprint density at radius 1 is 0.962 bits per heavy atom. The smallest absolute Gasteiger partial charge is 0.279 e. The molecule has 0 saturated carbocycles. The molecule has 1 saturated heterocycles. The fourth-order valence-electron chi connectivity index (χ4n) is 8.53. The van der Waals surface area contributed by atoms with Gasteiger partial charge in [0.2, 0.25) is 8.41 Å². The summed E-state index contributed by atoms with van der Waals surface area (Å²) in [6.07, 6.45) is 3.25. The third-order valence-corrected chi connectivity index (χ3v) is 13.5. The van der Waals surface area contributed by atoms with Gasteiger partial charge in [-0.05, 0) is 54.9 Å². The van der Waals surface area contributed by atoms with Gasteiger partial charge in [-0.15, -0.1) is 5.10 Å². The molecule has 270 valence electrons. The van der Waals surface area contributed by atoms with E-state index in [9.17, 15) is 14.7 Å². The van der Waals surface area contributed by atoms with E-state index < -0.39 is 31.6 Å². The van der Waals surface area contributed by atoms with Gasteiger partial charge in [0.05, 0.1) is 53.8 Å². The average molecular weight is 729 g/mol. The van der Waals surface area contributed by atoms with E-state index in [2.05, 4.69) is 15.4 Å². The molecule has 4 heterocycles. The lowest BCUT2D eigenvalue weighted by molar-refractivity contribution is -0.146. The largest absolute Gasteiger partial charge is 0.395 e. The molecule has 12 heteroatoms. The molecule has 1 amide bonds. The molecule has 53 heavy (non-hydrogen) atoms. The summed E-state index contributed by atoms with van der Waals surface area (Å²) in [4.78, 5) is 30.4. The van der Waals surface area contributed by atoms with E-state index in [-0.39, 0.29) is 24.0 Å². The van der Waals surface area contributed by atoms with Crippen molar-refractivity contribution >= 4 is 30.8 Å². The van der Waals surface area contributed by atoms with Crippen molar-refractivity contribution in [3.05, 3.63) is 148 Å². The van der Waals surface area contributed by atoms with E-state index in [1.54, 1.807) is 41.0 Å². The maximum absolute atomic E-state index is 16.6. The molecule has 2 aromatic heterocycles. The zero-order valence-corrected chi connectivity index (χ0v) is 30.8. The van der Waals surface area contributed by atoms with Crippen molar-refractivity contribution in [1.82, 2.24) is 24.8 Å². The second-order valence-corrected chi connectivity index (χ2v) is 18.4. The topological polar surface area (TPSA) is 115 Å². The lowest BCUT2D eigenvalue weighted by Crippen LogP contribution is -2.45. The normalized spacial score (nSPS) is 21.8. The predicted octanol–water partition coefficient (Wildman–Crippen LogP) is 6.51. The number of anilines is 1. The Hall–Kier alpha value is -5.30. The van der Waals surface area contributed by atoms with Gasteiger partial charge in [-0.3, -0.25) is 14.3 Å². The number of rotatable bonds is 10. The molecule has 2 aliphatic heterocycles. The maximum atomic E-state index is 16.6. The fourth-order valence-corrected chi connectivity index (χ4v) is 11.1. The van der Waals surface area contributed by atoms with Gasteiger partial charge >= 0.3 is 0 Å². The van der Waals surface area contributed by atoms with Gasteiger partial charge < -0.3 is 18.9 Å². The first-order valence-electron chi connectivity index (χ1n) is 18.0. The number of nitrogens with zero attached hydrogens (tertiary/aromatic N) is 6. The van der Waals surface area contributed by atoms with Crippen LogP contribution in [-0.4, -0.2) is 56.9 Å². The highest BCUT2D eigenvalue weighted by atomic mass is 28.4. The molecular formula is C41H41FN6O4Si. The number of aliphatic hydroxyl groups excluding tert-OH is 1. The summed E-state index contributed by atoms with van der Waals surface area (Å²) in [6.45, 7) is 5.85. The molecule has 0 bridgehead atoms. The molecular weight excluding hydrogens is 688 g/mol. The number of amides is 1. The molecule has 5 atom stereocenters. The highest BCUT2D eigenvalue weighted by molar-refractivity contribution is 6.72. The van der Waals surface area contributed by atoms with Crippen LogP contribution < -0.4 is 10.5 Å². The number of halogens is 1. The highest BCUT2D eigenvalue weighted by Crippen LogP contribution is 2.60. The Labute approximate surface area is 307 Å². The Morgan fingerprint density at radius 2 is 1.68 bits per heavy atom. The number of hydrogen-bond acceptors (Lipinski definition) is 7. The zero-order chi connectivity index (χ0) is 36.9. The molecule has 10 nitrogen and oxygen atoms in total. The Kier molecular flexibility index (Phi) is 8.92. The molecule has 1 unspecified atom stereocenters. The van der Waals surface area contributed by atoms with Crippen LogP contribution in [0.2, 0.25) is 18.6 Å². The minimum Gasteiger partial charge on any atom is -0.395 e. The van der Waals surface area contributed by atoms with E-state index >= 15 is 4.11 Å². The van der Waals surface area contributed by atoms with Crippen LogP contribution in [0.1, 0.15) is 41.6 Å². The second-order valence-electron chi connectivity index (χ2n) is 14.6. The molecule has 6 aromatic rings. The van der Waals surface area contributed by atoms with Crippen molar-refractivity contribution in [2.24, 2.45) is 5.92 Å². The Bertz CT molecular complexity index is 2350. The lowest BCUT2D eigenvalue weighted by atomic mass is 9.82. The first-order valence-corrected chi connectivity index (χ1v) is 21.0. The number of benzene rings is 4. The Balaban J connectivity index is 1.17. The highest BCUT2D eigenvalue weighted by Gasteiger charge is 2.66. The van der Waals surface area contributed by atoms with Gasteiger partial charge in [-0.1, -0.05) is 91.0 Å². The average Bonchev–Trinajstić information content (AvgIpc) is 3.82. The van der Waals surface area contributed by atoms with Crippen LogP contribution in [-0.2, 0) is 28.2 Å². The molecule has 2 aliphatic rings. The quantitative estimate of drug-likeness (QED) is 0.126. The third kappa shape index (κ3) is 6.00. The first kappa shape index (κ1) is 34.8. The van der Waals surface area contributed by atoms with Crippen molar-refractivity contribution < 1.29 is 18.7 Å². The standard InChI is InChI=1S/C41H41FN6O4Si/c1-27-38(53(2,3)42)37(20-21-46-25-35(44-45-46)33(26-49)29-14-8-5-9-15-29)52-41(27)34-22-31(48-39(50)32-17-11-10-16-30(32)23-43-48)18-19-36(34)47(40(41)51)24-28-12-6-4-7-13-28/h4-19,22-23,25,27,33,37-38,49H,20-21,24,26H2,1-3H3/t27-,33?,37+,38-,41+/m0/s1. The van der Waals surface area contributed by atoms with Crippen molar-refractivity contribution in [3.8, 4) is 5.69 Å². The summed E-state index contributed by atoms with van der Waals surface area (Å²) >= 11 is 0. The van der Waals surface area contributed by atoms with E-state index in [1.807, 2.05) is 104 Å². The summed E-state index contributed by atoms with van der Waals surface area (Å²) in [6, 6.07) is 32.2. The number of ether oxygens (including phenoxy) is 1. The predicted molar refractivity (Wildman–Crippen MR) is 203 cm³/mol. The number of carbonyl (C=O) groups is 1. The SMILES string of the molecule is C[C@H]1[C@H]([Si](C)(C)F)[C@@H](CCn2cc(C(CO)c3ccccc3)nn2)O[C@]12C(=O)N(Cc1ccccc1)c1ccc(-n3ncc4ccccc4c3=O)cc12. The van der Waals surface area contributed by atoms with E-state index in [4.69, 9.17) is 4.74 Å². The minimum atomic E-state index is -3.45. The summed E-state index contributed by atoms with van der Waals surface area (Å²) in [5.41, 5.74) is 1.97. The number of carbonyl (C=O) groups excluding carboxylic acids is 1. The van der Waals surface area contributed by atoms with E-state index in [0.717, 1.165) is 16.5 Å². The molecule has 1 spiro atoms. The molecule has 0 radical (unpaired) electrons. The van der Waals surface area contributed by atoms with E-state index in [0.29, 0.717) is 47.5 Å². The Morgan fingerprint density at radius 3 is 2.42 bits per heavy atom. The lowest BCUT2D eigenvalue weighted by Gasteiger charge is -2.31. The molecule has 1 fully saturated rings. The summed E-state index contributed by atoms with van der Waals surface area (Å²) in [5.74, 6) is -1.10. The van der Waals surface area contributed by atoms with Crippen LogP contribution in [0.4, 0.5) is 9.80 Å². The number of hydrogen-bond donors (Lipinski definition) is 1. The summed E-state index contributed by atoms with van der Waals surface area (Å²) in [7, 11) is -3.45. The van der Waals surface area contributed by atoms with Crippen LogP contribution in [0.3, 0.4) is 0 Å². The van der Waals surface area contributed by atoms with Crippen molar-refractivity contribution in [3.63, 3.8) is 0 Å². The van der Waals surface area contributed by atoms with Crippen molar-refractivity contribution in [1.29, 1.82) is 0 Å². The molecule has 0 aliphatic carbocycles. The van der Waals surface area contributed by atoms with Gasteiger partial charge in [-0.2, -0.15) is 9.78 Å². The van der Waals surface area contributed by atoms with E-state index in [1.165, 1.54) is 4.68 Å². The van der Waals surface area contributed by atoms with Gasteiger partial charge in [0.1, 0.15) is 0 Å². The van der Waals surface area contributed by atoms with Gasteiger partial charge in [-0.25, -0.2) is 0 Å². The third-order valence-electron chi connectivity index (χ3n) is 11.0. The van der Waals surface area contributed by atoms with Gasteiger partial charge in [0, 0.05) is 35.2 Å². The van der Waals surface area contributed by atoms with Crippen LogP contribution in [0.15, 0.2) is 120 Å². The first-order chi connectivity index (χ1) is 25.6. The summed E-state index contributed by atoms with van der Waals surface area (Å²) < 4.78 is 26.7. The number of fused-ring (bicyclic) bond motifs is 3. The van der Waals surface area contributed by atoms with Crippen LogP contribution in [0, 0.1) is 5.92 Å². The molecule has 8 rings (SSSR count). The molecule has 4 aromatic carbocycles. The molecule has 1 N–H and O–H groups in total. The van der Waals surface area contributed by atoms with Crippen LogP contribution in [0.25, 0.3) is 16.5 Å². The zero-order valence-electron chi connectivity index (χ0n) is 29.8. The maximum Gasteiger partial charge on any atom is 0.279 e.